The monoisotopic (exact) mass is 503 g/mol. The normalized spacial score (nSPS) is 17.7. The van der Waals surface area contributed by atoms with Gasteiger partial charge in [0.15, 0.2) is 0 Å². The molecule has 0 radical (unpaired) electrons. The summed E-state index contributed by atoms with van der Waals surface area (Å²) in [6.07, 6.45) is 14.6. The van der Waals surface area contributed by atoms with Crippen LogP contribution >= 0.6 is 23.1 Å². The van der Waals surface area contributed by atoms with E-state index in [0.29, 0.717) is 10.9 Å². The average Bonchev–Trinajstić information content (AvgIpc) is 3.30. The second-order valence-corrected chi connectivity index (χ2v) is 10.9. The first-order chi connectivity index (χ1) is 16.4. The predicted molar refractivity (Wildman–Crippen MR) is 142 cm³/mol. The first-order valence-corrected chi connectivity index (χ1v) is 14.0. The summed E-state index contributed by atoms with van der Waals surface area (Å²) in [7, 11) is 1.73. The maximum Gasteiger partial charge on any atom is 0.220 e. The molecule has 2 aliphatic carbocycles. The Kier molecular flexibility index (Phi) is 10.1. The largest absolute Gasteiger partial charge is 0.497 e. The number of hydrogen-bond donors (Lipinski definition) is 3. The van der Waals surface area contributed by atoms with Gasteiger partial charge in [0.2, 0.25) is 11.0 Å². The molecular weight excluding hydrogens is 466 g/mol. The topological polar surface area (TPSA) is 102 Å². The van der Waals surface area contributed by atoms with Crippen LogP contribution in [0.1, 0.15) is 74.8 Å². The molecule has 1 heterocycles. The number of rotatable bonds is 8. The van der Waals surface area contributed by atoms with Crippen LogP contribution in [0.15, 0.2) is 35.5 Å². The van der Waals surface area contributed by atoms with Crippen molar-refractivity contribution in [3.05, 3.63) is 46.1 Å². The molecule has 34 heavy (non-hydrogen) atoms. The summed E-state index contributed by atoms with van der Waals surface area (Å²) in [5.74, 6) is 1.46. The summed E-state index contributed by atoms with van der Waals surface area (Å²) in [5.41, 5.74) is 6.79. The third-order valence-corrected chi connectivity index (χ3v) is 8.00. The first kappa shape index (κ1) is 26.3. The lowest BCUT2D eigenvalue weighted by Crippen LogP contribution is -2.47. The Hall–Kier alpha value is -2.26. The van der Waals surface area contributed by atoms with Gasteiger partial charge >= 0.3 is 0 Å². The number of nitrogens with zero attached hydrogens (tertiary/aromatic N) is 2. The van der Waals surface area contributed by atoms with Gasteiger partial charge in [0.1, 0.15) is 10.8 Å². The van der Waals surface area contributed by atoms with Crippen LogP contribution in [0, 0.1) is 0 Å². The lowest BCUT2D eigenvalue weighted by molar-refractivity contribution is -0.118. The third-order valence-electron chi connectivity index (χ3n) is 6.41. The Morgan fingerprint density at radius 1 is 1.26 bits per heavy atom. The van der Waals surface area contributed by atoms with E-state index in [4.69, 9.17) is 10.5 Å². The molecule has 0 aliphatic heterocycles. The highest BCUT2D eigenvalue weighted by molar-refractivity contribution is 8.02. The van der Waals surface area contributed by atoms with Gasteiger partial charge in [0, 0.05) is 24.6 Å². The molecule has 4 rings (SSSR count). The molecule has 0 unspecified atom stereocenters. The number of methoxy groups -OCH3 is 1. The van der Waals surface area contributed by atoms with Crippen LogP contribution in [-0.2, 0) is 11.2 Å². The Morgan fingerprint density at radius 3 is 2.65 bits per heavy atom. The molecule has 1 aromatic carbocycles. The van der Waals surface area contributed by atoms with Gasteiger partial charge in [0.25, 0.3) is 0 Å². The molecule has 1 amide bonds. The first-order valence-electron chi connectivity index (χ1n) is 11.9. The minimum absolute atomic E-state index is 0.105. The van der Waals surface area contributed by atoms with Crippen molar-refractivity contribution in [1.82, 2.24) is 15.5 Å². The number of nitrogens with two attached hydrogens (primary N) is 1. The lowest BCUT2D eigenvalue weighted by atomic mass is 9.73. The number of aromatic nitrogens is 2. The van der Waals surface area contributed by atoms with Gasteiger partial charge in [-0.1, -0.05) is 42.7 Å². The SMILES string of the molecule is COc1cccc(CC2(Nc3nnc(C4CCCCC4)s3)CCC2)c1.CS/C(N)=C/NC(C)=O. The van der Waals surface area contributed by atoms with Crippen molar-refractivity contribution in [2.75, 3.05) is 18.7 Å². The Labute approximate surface area is 211 Å². The molecule has 9 heteroatoms. The predicted octanol–water partition coefficient (Wildman–Crippen LogP) is 5.41. The summed E-state index contributed by atoms with van der Waals surface area (Å²) in [6.45, 7) is 1.43. The van der Waals surface area contributed by atoms with Gasteiger partial charge in [-0.3, -0.25) is 4.79 Å². The molecule has 2 saturated carbocycles. The Morgan fingerprint density at radius 2 is 2.03 bits per heavy atom. The summed E-state index contributed by atoms with van der Waals surface area (Å²) in [6, 6.07) is 8.42. The fraction of sp³-hybridized carbons (Fsp3) is 0.560. The van der Waals surface area contributed by atoms with E-state index in [-0.39, 0.29) is 11.4 Å². The summed E-state index contributed by atoms with van der Waals surface area (Å²) in [4.78, 5) is 10.2. The minimum Gasteiger partial charge on any atom is -0.497 e. The van der Waals surface area contributed by atoms with Crippen molar-refractivity contribution in [1.29, 1.82) is 0 Å². The summed E-state index contributed by atoms with van der Waals surface area (Å²) < 4.78 is 5.37. The van der Waals surface area contributed by atoms with Crippen molar-refractivity contribution >= 4 is 34.1 Å². The number of amides is 1. The second kappa shape index (κ2) is 13.0. The quantitative estimate of drug-likeness (QED) is 0.442. The highest BCUT2D eigenvalue weighted by Crippen LogP contribution is 2.41. The van der Waals surface area contributed by atoms with Crippen LogP contribution in [0.3, 0.4) is 0 Å². The zero-order chi connectivity index (χ0) is 24.4. The molecule has 1 aromatic heterocycles. The van der Waals surface area contributed by atoms with E-state index in [2.05, 4.69) is 39.0 Å². The zero-order valence-corrected chi connectivity index (χ0v) is 22.1. The van der Waals surface area contributed by atoms with Gasteiger partial charge in [0.05, 0.1) is 12.1 Å². The fourth-order valence-electron chi connectivity index (χ4n) is 4.38. The van der Waals surface area contributed by atoms with Crippen molar-refractivity contribution in [3.63, 3.8) is 0 Å². The van der Waals surface area contributed by atoms with Gasteiger partial charge in [-0.25, -0.2) is 0 Å². The second-order valence-electron chi connectivity index (χ2n) is 9.02. The van der Waals surface area contributed by atoms with Gasteiger partial charge < -0.3 is 21.1 Å². The van der Waals surface area contributed by atoms with Gasteiger partial charge in [-0.2, -0.15) is 0 Å². The summed E-state index contributed by atoms with van der Waals surface area (Å²) in [5, 5.41) is 18.0. The molecule has 0 atom stereocenters. The maximum atomic E-state index is 10.2. The fourth-order valence-corrected chi connectivity index (χ4v) is 5.59. The molecule has 2 fully saturated rings. The number of thioether (sulfide) groups is 1. The third kappa shape index (κ3) is 7.91. The molecule has 186 valence electrons. The molecule has 4 N–H and O–H groups in total. The highest BCUT2D eigenvalue weighted by Gasteiger charge is 2.38. The van der Waals surface area contributed by atoms with Crippen molar-refractivity contribution in [3.8, 4) is 5.75 Å². The van der Waals surface area contributed by atoms with Crippen LogP contribution in [0.5, 0.6) is 5.75 Å². The zero-order valence-electron chi connectivity index (χ0n) is 20.4. The van der Waals surface area contributed by atoms with E-state index in [1.54, 1.807) is 18.4 Å². The number of ether oxygens (including phenoxy) is 1. The number of hydrogen-bond acceptors (Lipinski definition) is 8. The van der Waals surface area contributed by atoms with E-state index in [0.717, 1.165) is 17.3 Å². The molecule has 2 aromatic rings. The van der Waals surface area contributed by atoms with Gasteiger partial charge in [-0.15, -0.1) is 22.0 Å². The number of nitrogens with one attached hydrogen (secondary N) is 2. The van der Waals surface area contributed by atoms with E-state index < -0.39 is 0 Å². The highest BCUT2D eigenvalue weighted by atomic mass is 32.2. The number of carbonyl (C=O) groups is 1. The molecule has 0 spiro atoms. The van der Waals surface area contributed by atoms with E-state index in [9.17, 15) is 4.79 Å². The van der Waals surface area contributed by atoms with Crippen molar-refractivity contribution in [2.24, 2.45) is 5.73 Å². The van der Waals surface area contributed by atoms with Crippen LogP contribution in [0.2, 0.25) is 0 Å². The standard InChI is InChI=1S/C20H27N3OS.C5H10N2OS/c1-24-17-10-5-7-15(13-17)14-20(11-6-12-20)21-19-23-22-18(25-19)16-8-3-2-4-9-16;1-4(8)7-3-5(6)9-2/h5,7,10,13,16H,2-4,6,8-9,11-12,14H2,1H3,(H,21,23);3H,6H2,1-2H3,(H,7,8)/b;5-3+. The molecular formula is C25H37N5O2S2. The lowest BCUT2D eigenvalue weighted by Gasteiger charge is -2.42. The summed E-state index contributed by atoms with van der Waals surface area (Å²) >= 11 is 3.17. The molecule has 0 bridgehead atoms. The molecule has 7 nitrogen and oxygen atoms in total. The van der Waals surface area contributed by atoms with Crippen molar-refractivity contribution in [2.45, 2.75) is 76.2 Å². The number of anilines is 1. The molecule has 0 saturated heterocycles. The van der Waals surface area contributed by atoms with E-state index in [1.165, 1.54) is 86.8 Å². The molecule has 2 aliphatic rings. The van der Waals surface area contributed by atoms with Crippen LogP contribution < -0.4 is 21.1 Å². The van der Waals surface area contributed by atoms with Crippen LogP contribution in [0.4, 0.5) is 5.13 Å². The minimum atomic E-state index is -0.105. The Bertz CT molecular complexity index is 952. The smallest absolute Gasteiger partial charge is 0.220 e. The number of benzene rings is 1. The van der Waals surface area contributed by atoms with E-state index >= 15 is 0 Å². The van der Waals surface area contributed by atoms with Gasteiger partial charge in [-0.05, 0) is 62.5 Å². The average molecular weight is 504 g/mol. The van der Waals surface area contributed by atoms with E-state index in [1.807, 2.05) is 12.3 Å². The maximum absolute atomic E-state index is 10.2. The number of carbonyl (C=O) groups excluding carboxylic acids is 1. The van der Waals surface area contributed by atoms with Crippen LogP contribution in [-0.4, -0.2) is 35.0 Å². The van der Waals surface area contributed by atoms with Crippen molar-refractivity contribution < 1.29 is 9.53 Å². The van der Waals surface area contributed by atoms with Crippen LogP contribution in [0.25, 0.3) is 0 Å². The Balaban J connectivity index is 0.000000309.